The number of amides is 1. The van der Waals surface area contributed by atoms with Crippen LogP contribution in [0.4, 0.5) is 59.9 Å². The number of benzene rings is 8. The minimum Gasteiger partial charge on any atom is -0.444 e. The largest absolute Gasteiger partial charge is 0.519 e. The van der Waals surface area contributed by atoms with E-state index in [-0.39, 0.29) is 48.7 Å². The fourth-order valence-electron chi connectivity index (χ4n) is 9.64. The minimum absolute atomic E-state index is 0.00217. The van der Waals surface area contributed by atoms with Crippen LogP contribution in [0.15, 0.2) is 199 Å². The van der Waals surface area contributed by atoms with Crippen molar-refractivity contribution in [2.45, 2.75) is 157 Å². The van der Waals surface area contributed by atoms with Crippen LogP contribution in [0.5, 0.6) is 0 Å². The maximum atomic E-state index is 12.0. The summed E-state index contributed by atoms with van der Waals surface area (Å²) >= 11 is 2.45. The number of aliphatic hydroxyl groups excluding tert-OH is 1. The predicted octanol–water partition coefficient (Wildman–Crippen LogP) is 17.6. The molecule has 1 amide bonds. The number of nitrogen functional groups attached to an aromatic ring is 2. The fraction of sp³-hybridized carbons (Fsp3) is 0.350. The van der Waals surface area contributed by atoms with Crippen molar-refractivity contribution in [2.75, 3.05) is 59.0 Å². The van der Waals surface area contributed by atoms with Crippen molar-refractivity contribution in [1.82, 2.24) is 5.32 Å². The molecule has 572 valence electrons. The van der Waals surface area contributed by atoms with E-state index in [1.165, 1.54) is 39.9 Å². The fourth-order valence-corrected chi connectivity index (χ4v) is 9.64. The van der Waals surface area contributed by atoms with Crippen molar-refractivity contribution in [1.29, 1.82) is 5.26 Å². The molecule has 0 aromatic heterocycles. The Morgan fingerprint density at radius 1 is 0.514 bits per heavy atom. The van der Waals surface area contributed by atoms with Crippen molar-refractivity contribution in [3.8, 4) is 4.98 Å². The lowest BCUT2D eigenvalue weighted by atomic mass is 10.0. The van der Waals surface area contributed by atoms with Gasteiger partial charge in [0.1, 0.15) is 33.2 Å². The summed E-state index contributed by atoms with van der Waals surface area (Å²) in [5, 5.41) is 58.3. The summed E-state index contributed by atoms with van der Waals surface area (Å²) in [6.07, 6.45) is 0.312. The SMILES string of the molecule is CC(C)(C)OC(=O)OC(=O)OC(C)(C)C.Cc1ccc(CC(CN)Nc2ccccc2N)cc1.Cc1ccc(CC(CN=[N+]=[N-])Nc2ccccc2[N+](=O)[O-])cc1.Cc1ccc(CC(CNC(=O)OC(C)(C)C)Nc2ccccc2N)cc1.Cc1ccc(CC(CO)Nc2ccccc2[N+](=O)[O-])cc1.N#CBr. The minimum atomic E-state index is -1.06. The summed E-state index contributed by atoms with van der Waals surface area (Å²) in [7, 11) is 0. The number of aryl methyl sites for hydroxylation is 4. The number of alkyl carbamates (subject to hydrolysis) is 1. The third-order valence-electron chi connectivity index (χ3n) is 14.7. The van der Waals surface area contributed by atoms with Gasteiger partial charge in [-0.1, -0.05) is 173 Å². The van der Waals surface area contributed by atoms with Gasteiger partial charge in [0.2, 0.25) is 0 Å². The van der Waals surface area contributed by atoms with Crippen molar-refractivity contribution in [3.63, 3.8) is 0 Å². The molecule has 0 fully saturated rings. The highest BCUT2D eigenvalue weighted by atomic mass is 79.9. The van der Waals surface area contributed by atoms with E-state index in [0.29, 0.717) is 43.0 Å². The first-order chi connectivity index (χ1) is 50.5. The van der Waals surface area contributed by atoms with Crippen LogP contribution >= 0.6 is 15.9 Å². The smallest absolute Gasteiger partial charge is 0.444 e. The molecule has 0 aliphatic heterocycles. The first kappa shape index (κ1) is 89.8. The molecule has 27 heteroatoms. The van der Waals surface area contributed by atoms with E-state index in [0.717, 1.165) is 46.6 Å². The van der Waals surface area contributed by atoms with E-state index in [1.54, 1.807) is 82.9 Å². The zero-order chi connectivity index (χ0) is 79.7. The number of rotatable bonds is 24. The van der Waals surface area contributed by atoms with E-state index < -0.39 is 45.1 Å². The lowest BCUT2D eigenvalue weighted by Crippen LogP contribution is -2.40. The molecule has 4 atom stereocenters. The molecule has 8 aromatic carbocycles. The molecule has 0 aliphatic carbocycles. The monoisotopic (exact) mass is 1530 g/mol. The number of aliphatic hydroxyl groups is 1. The van der Waals surface area contributed by atoms with Gasteiger partial charge in [-0.15, -0.1) is 0 Å². The van der Waals surface area contributed by atoms with E-state index >= 15 is 0 Å². The van der Waals surface area contributed by atoms with Crippen LogP contribution in [-0.4, -0.2) is 101 Å². The van der Waals surface area contributed by atoms with Crippen LogP contribution in [0, 0.1) is 58.2 Å². The lowest BCUT2D eigenvalue weighted by Gasteiger charge is -2.24. The number of hydrogen-bond acceptors (Lipinski definition) is 21. The molecule has 0 spiro atoms. The molecule has 12 N–H and O–H groups in total. The third kappa shape index (κ3) is 38.8. The van der Waals surface area contributed by atoms with Crippen LogP contribution in [0.2, 0.25) is 0 Å². The summed E-state index contributed by atoms with van der Waals surface area (Å²) in [4.78, 5) is 59.6. The Morgan fingerprint density at radius 3 is 1.14 bits per heavy atom. The van der Waals surface area contributed by atoms with Crippen LogP contribution in [0.25, 0.3) is 10.4 Å². The molecular formula is C80H103BrN14O12. The van der Waals surface area contributed by atoms with Crippen molar-refractivity contribution in [3.05, 3.63) is 269 Å². The molecule has 0 saturated heterocycles. The molecule has 8 rings (SSSR count). The van der Waals surface area contributed by atoms with Gasteiger partial charge in [0.15, 0.2) is 0 Å². The number of nitrogens with zero attached hydrogens (tertiary/aromatic N) is 6. The highest BCUT2D eigenvalue weighted by Crippen LogP contribution is 2.27. The topological polar surface area (TPSA) is 405 Å². The Kier molecular flexibility index (Phi) is 38.9. The van der Waals surface area contributed by atoms with Gasteiger partial charge < -0.3 is 67.8 Å². The Balaban J connectivity index is 0.000000347. The Morgan fingerprint density at radius 2 is 0.813 bits per heavy atom. The Bertz CT molecular complexity index is 4090. The van der Waals surface area contributed by atoms with E-state index in [4.69, 9.17) is 42.2 Å². The summed E-state index contributed by atoms with van der Waals surface area (Å²) < 4.78 is 19.1. The van der Waals surface area contributed by atoms with Gasteiger partial charge >= 0.3 is 18.4 Å². The number of carbonyl (C=O) groups is 3. The second-order valence-electron chi connectivity index (χ2n) is 27.7. The number of carbonyl (C=O) groups excluding carboxylic acids is 3. The summed E-state index contributed by atoms with van der Waals surface area (Å²) in [6, 6.07) is 60.9. The first-order valence-corrected chi connectivity index (χ1v) is 35.2. The van der Waals surface area contributed by atoms with Gasteiger partial charge in [0.25, 0.3) is 11.4 Å². The number of para-hydroxylation sites is 8. The van der Waals surface area contributed by atoms with Crippen LogP contribution in [-0.2, 0) is 44.6 Å². The summed E-state index contributed by atoms with van der Waals surface area (Å²) in [6.45, 7) is 24.8. The maximum absolute atomic E-state index is 12.0. The standard InChI is InChI=1S/C21H29N3O2.C16H17N5O2.C16H21N3.C16H18N2O3.C10H18O5.CBrN/c1-15-9-11-16(12-10-15)13-17(14-23-20(25)26-21(2,3)4)24-19-8-6-5-7-18(19)22;1-12-6-8-13(9-7-12)10-14(11-18-20-17)19-15-4-2-3-5-16(15)21(22)23;1-12-6-8-13(9-7-12)10-14(11-17)19-16-5-3-2-4-15(16)18;1-12-6-8-13(9-7-12)10-14(11-19)17-15-4-2-3-5-16(15)18(20)21;1-9(2,3)14-7(11)13-8(12)15-10(4,5)6;2-1-3/h5-12,17,24H,13-14,22H2,1-4H3,(H,23,25);2-9,14,19H,10-11H2,1H3;2-9,14,19H,10-11,17-18H2,1H3;2-9,14,17,19H,10-11H2,1H3;1-6H3;. The van der Waals surface area contributed by atoms with Gasteiger partial charge in [-0.3, -0.25) is 20.2 Å². The van der Waals surface area contributed by atoms with Gasteiger partial charge in [0.05, 0.1) is 45.2 Å². The Hall–Kier alpha value is -11.4. The van der Waals surface area contributed by atoms with Crippen molar-refractivity contribution >= 4 is 79.8 Å². The highest BCUT2D eigenvalue weighted by molar-refractivity contribution is 9.12. The molecular weight excluding hydrogens is 1430 g/mol. The van der Waals surface area contributed by atoms with E-state index in [9.17, 15) is 39.7 Å². The number of anilines is 6. The number of nitro benzene ring substituents is 2. The molecule has 0 aliphatic rings. The molecule has 107 heavy (non-hydrogen) atoms. The molecule has 8 aromatic rings. The number of azide groups is 1. The van der Waals surface area contributed by atoms with Gasteiger partial charge in [-0.25, -0.2) is 14.4 Å². The second-order valence-corrected chi connectivity index (χ2v) is 28.0. The highest BCUT2D eigenvalue weighted by Gasteiger charge is 2.25. The van der Waals surface area contributed by atoms with Crippen LogP contribution in [0.3, 0.4) is 0 Å². The van der Waals surface area contributed by atoms with Crippen LogP contribution < -0.4 is 43.8 Å². The third-order valence-corrected chi connectivity index (χ3v) is 14.7. The normalized spacial score (nSPS) is 11.7. The van der Waals surface area contributed by atoms with E-state index in [2.05, 4.69) is 120 Å². The van der Waals surface area contributed by atoms with Gasteiger partial charge in [0, 0.05) is 70.7 Å². The maximum Gasteiger partial charge on any atom is 0.519 e. The predicted molar refractivity (Wildman–Crippen MR) is 430 cm³/mol. The summed E-state index contributed by atoms with van der Waals surface area (Å²) in [5.41, 5.74) is 38.0. The molecule has 0 saturated carbocycles. The zero-order valence-electron chi connectivity index (χ0n) is 63.2. The average Bonchev–Trinajstić information content (AvgIpc) is 0.995. The van der Waals surface area contributed by atoms with Crippen molar-refractivity contribution in [2.24, 2.45) is 10.8 Å². The molecule has 0 radical (unpaired) electrons. The zero-order valence-corrected chi connectivity index (χ0v) is 64.8. The second kappa shape index (κ2) is 46.4. The van der Waals surface area contributed by atoms with Crippen molar-refractivity contribution < 1.29 is 48.3 Å². The molecule has 0 heterocycles. The average molecular weight is 1530 g/mol. The number of ether oxygens (including phenoxy) is 4. The number of hydrogen-bond donors (Lipinski definition) is 9. The number of nitro groups is 2. The number of nitriles is 1. The first-order valence-electron chi connectivity index (χ1n) is 34.4. The lowest BCUT2D eigenvalue weighted by molar-refractivity contribution is -0.384. The quantitative estimate of drug-likeness (QED) is 0.00312. The Labute approximate surface area is 636 Å². The number of nitrogens with one attached hydrogen (secondary N) is 5. The molecule has 0 bridgehead atoms. The molecule has 4 unspecified atom stereocenters. The van der Waals surface area contributed by atoms with Gasteiger partial charge in [-0.2, -0.15) is 5.26 Å². The molecule has 26 nitrogen and oxygen atoms in total. The van der Waals surface area contributed by atoms with Gasteiger partial charge in [-0.05, 0) is 180 Å². The van der Waals surface area contributed by atoms with Crippen LogP contribution in [0.1, 0.15) is 107 Å². The number of halogens is 1. The van der Waals surface area contributed by atoms with E-state index in [1.807, 2.05) is 132 Å². The number of nitrogens with two attached hydrogens (primary N) is 3. The summed E-state index contributed by atoms with van der Waals surface area (Å²) in [5.74, 6) is 0.